The highest BCUT2D eigenvalue weighted by atomic mass is 16.4. The molecule has 0 aromatic heterocycles. The van der Waals surface area contributed by atoms with Crippen LogP contribution in [0.5, 0.6) is 0 Å². The van der Waals surface area contributed by atoms with Crippen molar-refractivity contribution in [1.29, 1.82) is 0 Å². The van der Waals surface area contributed by atoms with Crippen LogP contribution in [0.2, 0.25) is 0 Å². The molecule has 0 heterocycles. The summed E-state index contributed by atoms with van der Waals surface area (Å²) in [5.74, 6) is 0. The first-order valence-electron chi connectivity index (χ1n) is 6.27. The summed E-state index contributed by atoms with van der Waals surface area (Å²) < 4.78 is 0. The molecule has 90 valence electrons. The van der Waals surface area contributed by atoms with Crippen LogP contribution in [-0.2, 0) is 0 Å². The van der Waals surface area contributed by atoms with Gasteiger partial charge in [0.2, 0.25) is 0 Å². The van der Waals surface area contributed by atoms with E-state index < -0.39 is 0 Å². The van der Waals surface area contributed by atoms with Crippen molar-refractivity contribution in [1.82, 2.24) is 0 Å². The van der Waals surface area contributed by atoms with Gasteiger partial charge in [0, 0.05) is 0 Å². The Bertz CT molecular complexity index is 640. The fraction of sp³-hybridized carbons (Fsp3) is 0.188. The second-order valence-electron chi connectivity index (χ2n) is 4.68. The third kappa shape index (κ3) is 2.02. The van der Waals surface area contributed by atoms with E-state index in [1.165, 1.54) is 21.9 Å². The first-order chi connectivity index (χ1) is 8.86. The summed E-state index contributed by atoms with van der Waals surface area (Å²) in [5, 5.41) is 14.7. The van der Waals surface area contributed by atoms with Crippen molar-refractivity contribution in [3.05, 3.63) is 54.1 Å². The minimum Gasteiger partial charge on any atom is -0.411 e. The Morgan fingerprint density at radius 3 is 2.61 bits per heavy atom. The van der Waals surface area contributed by atoms with Gasteiger partial charge in [-0.3, -0.25) is 0 Å². The number of fused-ring (bicyclic) bond motifs is 1. The van der Waals surface area contributed by atoms with E-state index in [9.17, 15) is 0 Å². The zero-order valence-corrected chi connectivity index (χ0v) is 10.1. The zero-order valence-electron chi connectivity index (χ0n) is 10.1. The smallest absolute Gasteiger partial charge is 0.0798 e. The standard InChI is InChI=1S/C16H15NO/c18-17-16-7-3-6-14(11-16)15-9-8-12-4-1-2-5-13(12)10-15/h1-2,4-5,8-11,18H,3,6-7H2. The second kappa shape index (κ2) is 4.65. The lowest BCUT2D eigenvalue weighted by Gasteiger charge is -2.14. The SMILES string of the molecule is ON=C1C=C(c2ccc3ccccc3c2)CCC1. The summed E-state index contributed by atoms with van der Waals surface area (Å²) in [5.41, 5.74) is 3.28. The molecule has 1 aliphatic carbocycles. The Labute approximate surface area is 106 Å². The van der Waals surface area contributed by atoms with Crippen molar-refractivity contribution in [2.75, 3.05) is 0 Å². The van der Waals surface area contributed by atoms with Gasteiger partial charge < -0.3 is 5.21 Å². The van der Waals surface area contributed by atoms with Crippen molar-refractivity contribution in [2.45, 2.75) is 19.3 Å². The van der Waals surface area contributed by atoms with E-state index in [2.05, 4.69) is 47.6 Å². The summed E-state index contributed by atoms with van der Waals surface area (Å²) in [4.78, 5) is 0. The summed E-state index contributed by atoms with van der Waals surface area (Å²) in [6, 6.07) is 14.9. The molecule has 0 saturated carbocycles. The van der Waals surface area contributed by atoms with Crippen molar-refractivity contribution in [3.63, 3.8) is 0 Å². The van der Waals surface area contributed by atoms with Crippen LogP contribution in [0.1, 0.15) is 24.8 Å². The van der Waals surface area contributed by atoms with E-state index in [0.29, 0.717) is 0 Å². The second-order valence-corrected chi connectivity index (χ2v) is 4.68. The largest absolute Gasteiger partial charge is 0.411 e. The van der Waals surface area contributed by atoms with Crippen LogP contribution < -0.4 is 0 Å². The number of hydrogen-bond donors (Lipinski definition) is 1. The highest BCUT2D eigenvalue weighted by molar-refractivity contribution is 6.02. The normalized spacial score (nSPS) is 18.0. The molecule has 2 aromatic rings. The average molecular weight is 237 g/mol. The van der Waals surface area contributed by atoms with Crippen molar-refractivity contribution in [2.24, 2.45) is 5.16 Å². The van der Waals surface area contributed by atoms with Crippen LogP contribution in [0.3, 0.4) is 0 Å². The molecule has 0 unspecified atom stereocenters. The fourth-order valence-corrected chi connectivity index (χ4v) is 2.50. The molecular formula is C16H15NO. The van der Waals surface area contributed by atoms with Crippen LogP contribution in [0.25, 0.3) is 16.3 Å². The van der Waals surface area contributed by atoms with Gasteiger partial charge in [-0.1, -0.05) is 41.6 Å². The third-order valence-electron chi connectivity index (χ3n) is 3.47. The number of rotatable bonds is 1. The van der Waals surface area contributed by atoms with Crippen molar-refractivity contribution < 1.29 is 5.21 Å². The Morgan fingerprint density at radius 2 is 1.78 bits per heavy atom. The Kier molecular flexibility index (Phi) is 2.85. The van der Waals surface area contributed by atoms with Gasteiger partial charge in [0.05, 0.1) is 5.71 Å². The highest BCUT2D eigenvalue weighted by Crippen LogP contribution is 2.28. The zero-order chi connectivity index (χ0) is 12.4. The molecule has 0 radical (unpaired) electrons. The first-order valence-corrected chi connectivity index (χ1v) is 6.27. The monoisotopic (exact) mass is 237 g/mol. The fourth-order valence-electron chi connectivity index (χ4n) is 2.50. The van der Waals surface area contributed by atoms with Gasteiger partial charge in [0.15, 0.2) is 0 Å². The third-order valence-corrected chi connectivity index (χ3v) is 3.47. The molecule has 2 nitrogen and oxygen atoms in total. The lowest BCUT2D eigenvalue weighted by Crippen LogP contribution is -2.02. The van der Waals surface area contributed by atoms with Gasteiger partial charge >= 0.3 is 0 Å². The summed E-state index contributed by atoms with van der Waals surface area (Å²) in [6.45, 7) is 0. The van der Waals surface area contributed by atoms with E-state index in [1.807, 2.05) is 6.08 Å². The van der Waals surface area contributed by atoms with Crippen LogP contribution in [0.15, 0.2) is 53.7 Å². The predicted octanol–water partition coefficient (Wildman–Crippen LogP) is 4.24. The molecule has 1 N–H and O–H groups in total. The maximum absolute atomic E-state index is 8.87. The lowest BCUT2D eigenvalue weighted by molar-refractivity contribution is 0.318. The van der Waals surface area contributed by atoms with E-state index in [1.54, 1.807) is 0 Å². The minimum absolute atomic E-state index is 0.782. The van der Waals surface area contributed by atoms with E-state index in [-0.39, 0.29) is 0 Å². The molecule has 18 heavy (non-hydrogen) atoms. The first kappa shape index (κ1) is 11.0. The van der Waals surface area contributed by atoms with E-state index in [0.717, 1.165) is 25.0 Å². The molecule has 0 bridgehead atoms. The van der Waals surface area contributed by atoms with Crippen molar-refractivity contribution in [3.8, 4) is 0 Å². The molecule has 0 atom stereocenters. The van der Waals surface area contributed by atoms with Gasteiger partial charge in [0.1, 0.15) is 0 Å². The maximum atomic E-state index is 8.87. The van der Waals surface area contributed by atoms with Crippen LogP contribution in [-0.4, -0.2) is 10.9 Å². The number of hydrogen-bond acceptors (Lipinski definition) is 2. The topological polar surface area (TPSA) is 32.6 Å². The van der Waals surface area contributed by atoms with Gasteiger partial charge in [-0.25, -0.2) is 0 Å². The molecule has 0 fully saturated rings. The van der Waals surface area contributed by atoms with Gasteiger partial charge in [0.25, 0.3) is 0 Å². The number of allylic oxidation sites excluding steroid dienone is 2. The van der Waals surface area contributed by atoms with Gasteiger partial charge in [-0.2, -0.15) is 0 Å². The van der Waals surface area contributed by atoms with E-state index in [4.69, 9.17) is 5.21 Å². The average Bonchev–Trinajstić information content (AvgIpc) is 2.47. The molecule has 1 aliphatic rings. The quantitative estimate of drug-likeness (QED) is 0.584. The number of nitrogens with zero attached hydrogens (tertiary/aromatic N) is 1. The summed E-state index contributed by atoms with van der Waals surface area (Å²) >= 11 is 0. The Hall–Kier alpha value is -2.09. The molecule has 0 aliphatic heterocycles. The van der Waals surface area contributed by atoms with Crippen LogP contribution in [0.4, 0.5) is 0 Å². The van der Waals surface area contributed by atoms with Crippen LogP contribution >= 0.6 is 0 Å². The number of benzene rings is 2. The molecule has 3 rings (SSSR count). The molecule has 0 amide bonds. The Morgan fingerprint density at radius 1 is 0.944 bits per heavy atom. The van der Waals surface area contributed by atoms with Gasteiger partial charge in [-0.15, -0.1) is 0 Å². The molecular weight excluding hydrogens is 222 g/mol. The van der Waals surface area contributed by atoms with E-state index >= 15 is 0 Å². The highest BCUT2D eigenvalue weighted by Gasteiger charge is 2.11. The number of oxime groups is 1. The Balaban J connectivity index is 2.06. The molecule has 2 heteroatoms. The predicted molar refractivity (Wildman–Crippen MR) is 75.0 cm³/mol. The molecule has 0 spiro atoms. The van der Waals surface area contributed by atoms with Crippen LogP contribution in [0, 0.1) is 0 Å². The van der Waals surface area contributed by atoms with Gasteiger partial charge in [-0.05, 0) is 53.3 Å². The minimum atomic E-state index is 0.782. The van der Waals surface area contributed by atoms with Crippen molar-refractivity contribution >= 4 is 22.1 Å². The molecule has 0 saturated heterocycles. The molecule has 2 aromatic carbocycles. The summed E-state index contributed by atoms with van der Waals surface area (Å²) in [7, 11) is 0. The lowest BCUT2D eigenvalue weighted by atomic mass is 9.91. The maximum Gasteiger partial charge on any atom is 0.0798 e. The summed E-state index contributed by atoms with van der Waals surface area (Å²) in [6.07, 6.45) is 4.98.